The molecule has 0 N–H and O–H groups in total. The number of methoxy groups -OCH3 is 1. The Labute approximate surface area is 115 Å². The summed E-state index contributed by atoms with van der Waals surface area (Å²) in [6.07, 6.45) is 1.60. The number of benzene rings is 2. The van der Waals surface area contributed by atoms with Crippen molar-refractivity contribution in [3.05, 3.63) is 54.9 Å². The number of hydrogen-bond acceptors (Lipinski definition) is 4. The number of rotatable bonds is 3. The molecule has 0 unspecified atom stereocenters. The zero-order valence-corrected chi connectivity index (χ0v) is 11.2. The highest BCUT2D eigenvalue weighted by molar-refractivity contribution is 7.99. The van der Waals surface area contributed by atoms with Gasteiger partial charge in [-0.25, -0.2) is 9.97 Å². The molecule has 4 heteroatoms. The smallest absolute Gasteiger partial charge is 0.119 e. The molecule has 0 bridgehead atoms. The maximum atomic E-state index is 5.23. The second-order valence-electron chi connectivity index (χ2n) is 3.98. The van der Waals surface area contributed by atoms with Gasteiger partial charge in [-0.3, -0.25) is 0 Å². The van der Waals surface area contributed by atoms with Gasteiger partial charge in [-0.2, -0.15) is 0 Å². The van der Waals surface area contributed by atoms with Crippen molar-refractivity contribution in [3.63, 3.8) is 0 Å². The van der Waals surface area contributed by atoms with E-state index in [1.807, 2.05) is 48.5 Å². The molecule has 3 aromatic rings. The molecule has 0 atom stereocenters. The van der Waals surface area contributed by atoms with E-state index in [0.29, 0.717) is 0 Å². The highest BCUT2D eigenvalue weighted by Crippen LogP contribution is 2.32. The Morgan fingerprint density at radius 1 is 1.00 bits per heavy atom. The zero-order valence-electron chi connectivity index (χ0n) is 10.4. The molecule has 0 fully saturated rings. The van der Waals surface area contributed by atoms with Crippen molar-refractivity contribution in [2.45, 2.75) is 9.92 Å². The maximum Gasteiger partial charge on any atom is 0.119 e. The summed E-state index contributed by atoms with van der Waals surface area (Å²) in [5.74, 6) is 0.850. The van der Waals surface area contributed by atoms with Crippen LogP contribution >= 0.6 is 11.8 Å². The molecule has 3 rings (SSSR count). The summed E-state index contributed by atoms with van der Waals surface area (Å²) in [6.45, 7) is 0. The molecule has 0 radical (unpaired) electrons. The van der Waals surface area contributed by atoms with Crippen LogP contribution in [0.4, 0.5) is 0 Å². The van der Waals surface area contributed by atoms with Crippen LogP contribution in [0.5, 0.6) is 5.75 Å². The third kappa shape index (κ3) is 2.53. The van der Waals surface area contributed by atoms with Crippen molar-refractivity contribution in [2.75, 3.05) is 7.11 Å². The van der Waals surface area contributed by atoms with Crippen LogP contribution in [-0.2, 0) is 0 Å². The Bertz CT molecular complexity index is 710. The fraction of sp³-hybridized carbons (Fsp3) is 0.0667. The van der Waals surface area contributed by atoms with Gasteiger partial charge in [-0.05, 0) is 24.3 Å². The number of ether oxygens (including phenoxy) is 1. The maximum absolute atomic E-state index is 5.23. The zero-order chi connectivity index (χ0) is 13.1. The topological polar surface area (TPSA) is 35.0 Å². The molecule has 3 nitrogen and oxygen atoms in total. The highest BCUT2D eigenvalue weighted by atomic mass is 32.2. The van der Waals surface area contributed by atoms with E-state index in [9.17, 15) is 0 Å². The largest absolute Gasteiger partial charge is 0.497 e. The van der Waals surface area contributed by atoms with E-state index in [2.05, 4.69) is 9.97 Å². The second-order valence-corrected chi connectivity index (χ2v) is 5.04. The summed E-state index contributed by atoms with van der Waals surface area (Å²) >= 11 is 1.62. The molecule has 94 valence electrons. The summed E-state index contributed by atoms with van der Waals surface area (Å²) in [4.78, 5) is 9.74. The molecule has 0 aliphatic heterocycles. The third-order valence-electron chi connectivity index (χ3n) is 2.76. The minimum Gasteiger partial charge on any atom is -0.497 e. The van der Waals surface area contributed by atoms with E-state index < -0.39 is 0 Å². The quantitative estimate of drug-likeness (QED) is 0.677. The fourth-order valence-electron chi connectivity index (χ4n) is 1.84. The SMILES string of the molecule is COc1cccc(Sc2ncnc3ccccc23)c1. The second kappa shape index (κ2) is 5.28. The molecule has 2 aromatic carbocycles. The van der Waals surface area contributed by atoms with E-state index in [-0.39, 0.29) is 0 Å². The predicted molar refractivity (Wildman–Crippen MR) is 76.7 cm³/mol. The van der Waals surface area contributed by atoms with E-state index in [1.165, 1.54) is 0 Å². The number of nitrogens with zero attached hydrogens (tertiary/aromatic N) is 2. The first-order chi connectivity index (χ1) is 9.36. The van der Waals surface area contributed by atoms with Gasteiger partial charge in [-0.15, -0.1) is 0 Å². The molecule has 0 spiro atoms. The standard InChI is InChI=1S/C15H12N2OS/c1-18-11-5-4-6-12(9-11)19-15-13-7-2-3-8-14(13)16-10-17-15/h2-10H,1H3. The van der Waals surface area contributed by atoms with E-state index in [1.54, 1.807) is 25.2 Å². The number of hydrogen-bond donors (Lipinski definition) is 0. The lowest BCUT2D eigenvalue weighted by Crippen LogP contribution is -1.87. The minimum absolute atomic E-state index is 0.850. The van der Waals surface area contributed by atoms with Crippen LogP contribution in [0, 0.1) is 0 Å². The van der Waals surface area contributed by atoms with Gasteiger partial charge in [0.2, 0.25) is 0 Å². The molecule has 0 saturated heterocycles. The number of para-hydroxylation sites is 1. The van der Waals surface area contributed by atoms with Crippen molar-refractivity contribution in [2.24, 2.45) is 0 Å². The average Bonchev–Trinajstić information content (AvgIpc) is 2.48. The van der Waals surface area contributed by atoms with Gasteiger partial charge in [0.05, 0.1) is 12.6 Å². The Hall–Kier alpha value is -2.07. The molecule has 0 aliphatic carbocycles. The molecule has 1 heterocycles. The molecular weight excluding hydrogens is 256 g/mol. The molecule has 1 aromatic heterocycles. The first-order valence-electron chi connectivity index (χ1n) is 5.88. The van der Waals surface area contributed by atoms with Gasteiger partial charge in [0.25, 0.3) is 0 Å². The Balaban J connectivity index is 2.01. The predicted octanol–water partition coefficient (Wildman–Crippen LogP) is 3.79. The van der Waals surface area contributed by atoms with Crippen LogP contribution in [0.1, 0.15) is 0 Å². The lowest BCUT2D eigenvalue weighted by molar-refractivity contribution is 0.413. The van der Waals surface area contributed by atoms with Gasteiger partial charge in [0, 0.05) is 10.3 Å². The third-order valence-corrected chi connectivity index (χ3v) is 3.77. The van der Waals surface area contributed by atoms with Gasteiger partial charge in [0.15, 0.2) is 0 Å². The first kappa shape index (κ1) is 12.0. The molecule has 0 amide bonds. The first-order valence-corrected chi connectivity index (χ1v) is 6.70. The summed E-state index contributed by atoms with van der Waals surface area (Å²) in [5, 5.41) is 2.02. The fourth-order valence-corrected chi connectivity index (χ4v) is 2.77. The number of aromatic nitrogens is 2. The molecule has 0 aliphatic rings. The summed E-state index contributed by atoms with van der Waals surface area (Å²) in [7, 11) is 1.67. The minimum atomic E-state index is 0.850. The van der Waals surface area contributed by atoms with Crippen LogP contribution in [0.3, 0.4) is 0 Å². The van der Waals surface area contributed by atoms with Crippen molar-refractivity contribution >= 4 is 22.7 Å². The lowest BCUT2D eigenvalue weighted by Gasteiger charge is -2.06. The Morgan fingerprint density at radius 3 is 2.79 bits per heavy atom. The van der Waals surface area contributed by atoms with E-state index in [0.717, 1.165) is 26.6 Å². The van der Waals surface area contributed by atoms with Crippen molar-refractivity contribution in [1.82, 2.24) is 9.97 Å². The van der Waals surface area contributed by atoms with Gasteiger partial charge in [-0.1, -0.05) is 36.0 Å². The molecule has 0 saturated carbocycles. The van der Waals surface area contributed by atoms with Crippen LogP contribution in [0.15, 0.2) is 64.8 Å². The Morgan fingerprint density at radius 2 is 1.89 bits per heavy atom. The van der Waals surface area contributed by atoms with Crippen LogP contribution in [0.2, 0.25) is 0 Å². The summed E-state index contributed by atoms with van der Waals surface area (Å²) in [5.41, 5.74) is 0.961. The van der Waals surface area contributed by atoms with Gasteiger partial charge >= 0.3 is 0 Å². The van der Waals surface area contributed by atoms with Gasteiger partial charge in [0.1, 0.15) is 17.1 Å². The van der Waals surface area contributed by atoms with Crippen LogP contribution in [0.25, 0.3) is 10.9 Å². The normalized spacial score (nSPS) is 10.6. The Kier molecular flexibility index (Phi) is 3.33. The summed E-state index contributed by atoms with van der Waals surface area (Å²) in [6, 6.07) is 16.0. The number of fused-ring (bicyclic) bond motifs is 1. The van der Waals surface area contributed by atoms with Gasteiger partial charge < -0.3 is 4.74 Å². The summed E-state index contributed by atoms with van der Waals surface area (Å²) < 4.78 is 5.23. The van der Waals surface area contributed by atoms with Crippen LogP contribution in [-0.4, -0.2) is 17.1 Å². The molecule has 19 heavy (non-hydrogen) atoms. The van der Waals surface area contributed by atoms with Crippen molar-refractivity contribution < 1.29 is 4.74 Å². The van der Waals surface area contributed by atoms with E-state index in [4.69, 9.17) is 4.74 Å². The van der Waals surface area contributed by atoms with E-state index >= 15 is 0 Å². The average molecular weight is 268 g/mol. The monoisotopic (exact) mass is 268 g/mol. The van der Waals surface area contributed by atoms with Crippen molar-refractivity contribution in [1.29, 1.82) is 0 Å². The van der Waals surface area contributed by atoms with Crippen molar-refractivity contribution in [3.8, 4) is 5.75 Å². The van der Waals surface area contributed by atoms with Crippen LogP contribution < -0.4 is 4.74 Å². The molecular formula is C15H12N2OS. The lowest BCUT2D eigenvalue weighted by atomic mass is 10.2. The highest BCUT2D eigenvalue weighted by Gasteiger charge is 2.05.